The van der Waals surface area contributed by atoms with Crippen molar-refractivity contribution < 1.29 is 21.8 Å². The summed E-state index contributed by atoms with van der Waals surface area (Å²) in [6.07, 6.45) is 0. The van der Waals surface area contributed by atoms with Crippen LogP contribution in [0.15, 0.2) is 58.3 Å². The van der Waals surface area contributed by atoms with E-state index in [1.165, 1.54) is 48.5 Å². The van der Waals surface area contributed by atoms with E-state index in [2.05, 4.69) is 11.0 Å². The number of sulfonamides is 2. The maximum atomic E-state index is 11.1. The Hall–Kier alpha value is -2.18. The van der Waals surface area contributed by atoms with Crippen LogP contribution < -0.4 is 21.2 Å². The summed E-state index contributed by atoms with van der Waals surface area (Å²) >= 11 is 0. The van der Waals surface area contributed by atoms with Crippen LogP contribution in [0, 0.1) is 0 Å². The largest absolute Gasteiger partial charge is 0.242 e. The third-order valence-corrected chi connectivity index (χ3v) is 4.56. The van der Waals surface area contributed by atoms with E-state index in [0.717, 1.165) is 0 Å². The van der Waals surface area contributed by atoms with Gasteiger partial charge >= 0.3 is 0 Å². The van der Waals surface area contributed by atoms with Crippen LogP contribution in [0.3, 0.4) is 0 Å². The Kier molecular flexibility index (Phi) is 4.87. The van der Waals surface area contributed by atoms with Gasteiger partial charge in [-0.05, 0) is 48.5 Å². The molecular weight excluding hydrogens is 344 g/mol. The minimum Gasteiger partial charge on any atom is -0.242 e. The standard InChI is InChI=1S/C12H14N4O5S2/c13-22(17,18)11-5-1-9(2-6-11)15-21-16-10-3-7-12(8-4-10)23(14,19)20/h1-8,15-16H,(H2,13,17,18)(H2,14,19,20). The van der Waals surface area contributed by atoms with Crippen molar-refractivity contribution in [2.24, 2.45) is 10.3 Å². The number of primary sulfonamides is 2. The highest BCUT2D eigenvalue weighted by molar-refractivity contribution is 7.89. The Morgan fingerprint density at radius 1 is 0.652 bits per heavy atom. The zero-order chi connectivity index (χ0) is 17.1. The molecule has 2 aromatic rings. The summed E-state index contributed by atoms with van der Waals surface area (Å²) in [5, 5.41) is 9.96. The van der Waals surface area contributed by atoms with Gasteiger partial charge in [0, 0.05) is 0 Å². The fourth-order valence-electron chi connectivity index (χ4n) is 1.57. The molecule has 0 aromatic heterocycles. The lowest BCUT2D eigenvalue weighted by molar-refractivity contribution is 0.264. The second-order valence-corrected chi connectivity index (χ2v) is 7.57. The van der Waals surface area contributed by atoms with E-state index in [1.807, 2.05) is 0 Å². The number of benzene rings is 2. The van der Waals surface area contributed by atoms with Crippen LogP contribution in [0.1, 0.15) is 0 Å². The highest BCUT2D eigenvalue weighted by atomic mass is 32.2. The molecule has 0 aliphatic carbocycles. The molecule has 0 aliphatic heterocycles. The van der Waals surface area contributed by atoms with E-state index in [4.69, 9.17) is 15.2 Å². The maximum absolute atomic E-state index is 11.1. The van der Waals surface area contributed by atoms with Crippen LogP contribution in [0.5, 0.6) is 0 Å². The molecule has 124 valence electrons. The molecular formula is C12H14N4O5S2. The van der Waals surface area contributed by atoms with E-state index in [9.17, 15) is 16.8 Å². The lowest BCUT2D eigenvalue weighted by atomic mass is 10.3. The first-order valence-electron chi connectivity index (χ1n) is 6.10. The molecule has 0 saturated heterocycles. The molecule has 9 nitrogen and oxygen atoms in total. The van der Waals surface area contributed by atoms with Gasteiger partial charge in [-0.1, -0.05) is 0 Å². The minimum atomic E-state index is -3.74. The molecule has 0 fully saturated rings. The maximum Gasteiger partial charge on any atom is 0.238 e. The normalized spacial score (nSPS) is 11.9. The highest BCUT2D eigenvalue weighted by Gasteiger charge is 2.07. The van der Waals surface area contributed by atoms with Crippen molar-refractivity contribution >= 4 is 31.4 Å². The van der Waals surface area contributed by atoms with Crippen molar-refractivity contribution in [2.45, 2.75) is 9.79 Å². The predicted molar refractivity (Wildman–Crippen MR) is 84.0 cm³/mol. The SMILES string of the molecule is NS(=O)(=O)c1ccc(NONc2ccc(S(N)(=O)=O)cc2)cc1. The zero-order valence-electron chi connectivity index (χ0n) is 11.6. The van der Waals surface area contributed by atoms with Gasteiger partial charge in [-0.3, -0.25) is 0 Å². The summed E-state index contributed by atoms with van der Waals surface area (Å²) < 4.78 is 44.4. The van der Waals surface area contributed by atoms with Gasteiger partial charge in [-0.2, -0.15) is 4.94 Å². The topological polar surface area (TPSA) is 154 Å². The van der Waals surface area contributed by atoms with Gasteiger partial charge in [-0.25, -0.2) is 38.1 Å². The van der Waals surface area contributed by atoms with Gasteiger partial charge in [0.25, 0.3) is 0 Å². The molecule has 0 saturated carbocycles. The van der Waals surface area contributed by atoms with E-state index >= 15 is 0 Å². The van der Waals surface area contributed by atoms with Crippen LogP contribution in [0.4, 0.5) is 11.4 Å². The van der Waals surface area contributed by atoms with E-state index in [1.54, 1.807) is 0 Å². The summed E-state index contributed by atoms with van der Waals surface area (Å²) in [6.45, 7) is 0. The fourth-order valence-corrected chi connectivity index (χ4v) is 2.60. The van der Waals surface area contributed by atoms with Crippen LogP contribution in [-0.2, 0) is 25.0 Å². The van der Waals surface area contributed by atoms with Crippen LogP contribution in [0.25, 0.3) is 0 Å². The van der Waals surface area contributed by atoms with Crippen molar-refractivity contribution in [3.05, 3.63) is 48.5 Å². The van der Waals surface area contributed by atoms with Gasteiger partial charge in [0.2, 0.25) is 20.0 Å². The monoisotopic (exact) mass is 358 g/mol. The molecule has 2 rings (SSSR count). The average Bonchev–Trinajstić information content (AvgIpc) is 2.46. The molecule has 0 aliphatic rings. The predicted octanol–water partition coefficient (Wildman–Crippen LogP) is 0.352. The first-order chi connectivity index (χ1) is 10.7. The number of nitrogens with one attached hydrogen (secondary N) is 2. The molecule has 6 N–H and O–H groups in total. The Balaban J connectivity index is 1.92. The third-order valence-electron chi connectivity index (χ3n) is 2.70. The number of hydrogen-bond donors (Lipinski definition) is 4. The smallest absolute Gasteiger partial charge is 0.238 e. The van der Waals surface area contributed by atoms with Gasteiger partial charge in [0.15, 0.2) is 0 Å². The first-order valence-corrected chi connectivity index (χ1v) is 9.19. The van der Waals surface area contributed by atoms with Crippen LogP contribution >= 0.6 is 0 Å². The zero-order valence-corrected chi connectivity index (χ0v) is 13.3. The van der Waals surface area contributed by atoms with E-state index in [-0.39, 0.29) is 9.79 Å². The van der Waals surface area contributed by atoms with Crippen molar-refractivity contribution in [1.29, 1.82) is 0 Å². The van der Waals surface area contributed by atoms with E-state index < -0.39 is 20.0 Å². The third kappa shape index (κ3) is 4.91. The summed E-state index contributed by atoms with van der Waals surface area (Å²) in [5.41, 5.74) is 6.01. The summed E-state index contributed by atoms with van der Waals surface area (Å²) in [4.78, 5) is 4.96. The molecule has 11 heteroatoms. The van der Waals surface area contributed by atoms with Crippen LogP contribution in [-0.4, -0.2) is 16.8 Å². The molecule has 0 bridgehead atoms. The number of anilines is 2. The Morgan fingerprint density at radius 2 is 0.957 bits per heavy atom. The Bertz CT molecular complexity index is 803. The van der Waals surface area contributed by atoms with Crippen LogP contribution in [0.2, 0.25) is 0 Å². The molecule has 2 aromatic carbocycles. The van der Waals surface area contributed by atoms with Gasteiger partial charge in [0.05, 0.1) is 21.2 Å². The van der Waals surface area contributed by atoms with Crippen molar-refractivity contribution in [2.75, 3.05) is 11.0 Å². The van der Waals surface area contributed by atoms with Crippen molar-refractivity contribution in [3.8, 4) is 0 Å². The number of rotatable bonds is 6. The second kappa shape index (κ2) is 6.52. The summed E-state index contributed by atoms with van der Waals surface area (Å²) in [5.74, 6) is 0. The lowest BCUT2D eigenvalue weighted by Gasteiger charge is -2.09. The highest BCUT2D eigenvalue weighted by Crippen LogP contribution is 2.15. The molecule has 23 heavy (non-hydrogen) atoms. The molecule has 0 spiro atoms. The summed E-state index contributed by atoms with van der Waals surface area (Å²) in [6, 6.07) is 11.1. The molecule has 0 radical (unpaired) electrons. The molecule has 0 amide bonds. The first kappa shape index (κ1) is 17.2. The molecule has 0 atom stereocenters. The molecule has 0 unspecified atom stereocenters. The lowest BCUT2D eigenvalue weighted by Crippen LogP contribution is -2.13. The van der Waals surface area contributed by atoms with E-state index in [0.29, 0.717) is 11.4 Å². The number of nitrogens with two attached hydrogens (primary N) is 2. The summed E-state index contributed by atoms with van der Waals surface area (Å²) in [7, 11) is -7.49. The van der Waals surface area contributed by atoms with Gasteiger partial charge in [0.1, 0.15) is 0 Å². The van der Waals surface area contributed by atoms with Crippen molar-refractivity contribution in [1.82, 2.24) is 0 Å². The number of hydrogen-bond acceptors (Lipinski definition) is 7. The minimum absolute atomic E-state index is 0.0189. The Morgan fingerprint density at radius 3 is 1.22 bits per heavy atom. The Labute approximate surface area is 133 Å². The second-order valence-electron chi connectivity index (χ2n) is 4.44. The van der Waals surface area contributed by atoms with Gasteiger partial charge in [-0.15, -0.1) is 0 Å². The fraction of sp³-hybridized carbons (Fsp3) is 0. The average molecular weight is 358 g/mol. The quantitative estimate of drug-likeness (QED) is 0.543. The molecule has 0 heterocycles. The van der Waals surface area contributed by atoms with Crippen molar-refractivity contribution in [3.63, 3.8) is 0 Å². The van der Waals surface area contributed by atoms with Gasteiger partial charge < -0.3 is 0 Å².